The molecule has 78 valence electrons. The van der Waals surface area contributed by atoms with Crippen molar-refractivity contribution in [2.24, 2.45) is 0 Å². The summed E-state index contributed by atoms with van der Waals surface area (Å²) in [6, 6.07) is 4.45. The zero-order chi connectivity index (χ0) is 10.8. The lowest BCUT2D eigenvalue weighted by atomic mass is 10.2. The molecule has 1 heterocycles. The molecule has 5 heteroatoms. The van der Waals surface area contributed by atoms with Crippen LogP contribution in [0.2, 0.25) is 5.02 Å². The van der Waals surface area contributed by atoms with Gasteiger partial charge >= 0.3 is 4.87 Å². The average molecular weight is 244 g/mol. The first-order chi connectivity index (χ1) is 7.16. The molecule has 0 spiro atoms. The largest absolute Gasteiger partial charge is 0.307 e. The Hall–Kier alpha value is -1.13. The van der Waals surface area contributed by atoms with Crippen LogP contribution in [-0.2, 0) is 6.54 Å². The lowest BCUT2D eigenvalue weighted by Gasteiger charge is -2.02. The van der Waals surface area contributed by atoms with Gasteiger partial charge in [0.2, 0.25) is 0 Å². The molecule has 0 aliphatic rings. The topological polar surface area (TPSA) is 22.0 Å². The van der Waals surface area contributed by atoms with E-state index < -0.39 is 5.82 Å². The number of benzene rings is 1. The van der Waals surface area contributed by atoms with Gasteiger partial charge in [-0.2, -0.15) is 0 Å². The lowest BCUT2D eigenvalue weighted by molar-refractivity contribution is 0.626. The van der Waals surface area contributed by atoms with Crippen molar-refractivity contribution in [3.8, 4) is 0 Å². The molecule has 0 aliphatic carbocycles. The first kappa shape index (κ1) is 10.4. The van der Waals surface area contributed by atoms with E-state index in [0.717, 1.165) is 16.9 Å². The Morgan fingerprint density at radius 1 is 1.47 bits per heavy atom. The first-order valence-corrected chi connectivity index (χ1v) is 5.50. The average Bonchev–Trinajstić information content (AvgIpc) is 2.59. The van der Waals surface area contributed by atoms with Crippen molar-refractivity contribution in [1.82, 2.24) is 4.57 Å². The van der Waals surface area contributed by atoms with Gasteiger partial charge in [-0.15, -0.1) is 0 Å². The van der Waals surface area contributed by atoms with Crippen LogP contribution in [0.1, 0.15) is 5.56 Å². The van der Waals surface area contributed by atoms with Gasteiger partial charge in [-0.3, -0.25) is 4.79 Å². The normalized spacial score (nSPS) is 10.5. The summed E-state index contributed by atoms with van der Waals surface area (Å²) in [7, 11) is 0. The summed E-state index contributed by atoms with van der Waals surface area (Å²) < 4.78 is 14.4. The highest BCUT2D eigenvalue weighted by molar-refractivity contribution is 7.07. The SMILES string of the molecule is O=c1sccn1Cc1ccc(F)c(Cl)c1. The highest BCUT2D eigenvalue weighted by Gasteiger charge is 2.02. The fraction of sp³-hybridized carbons (Fsp3) is 0.100. The second-order valence-corrected chi connectivity index (χ2v) is 4.31. The monoisotopic (exact) mass is 243 g/mol. The van der Waals surface area contributed by atoms with Crippen molar-refractivity contribution in [2.75, 3.05) is 0 Å². The molecule has 0 saturated heterocycles. The van der Waals surface area contributed by atoms with Gasteiger partial charge in [-0.25, -0.2) is 4.39 Å². The Bertz CT molecular complexity index is 534. The molecule has 1 aromatic carbocycles. The molecular weight excluding hydrogens is 237 g/mol. The number of hydrogen-bond donors (Lipinski definition) is 0. The Kier molecular flexibility index (Phi) is 2.88. The van der Waals surface area contributed by atoms with Crippen LogP contribution >= 0.6 is 22.9 Å². The highest BCUT2D eigenvalue weighted by Crippen LogP contribution is 2.16. The van der Waals surface area contributed by atoms with E-state index in [9.17, 15) is 9.18 Å². The van der Waals surface area contributed by atoms with Crippen molar-refractivity contribution < 1.29 is 4.39 Å². The Balaban J connectivity index is 2.29. The highest BCUT2D eigenvalue weighted by atomic mass is 35.5. The number of thiazole rings is 1. The summed E-state index contributed by atoms with van der Waals surface area (Å²) in [5, 5.41) is 1.80. The van der Waals surface area contributed by atoms with E-state index in [-0.39, 0.29) is 9.90 Å². The van der Waals surface area contributed by atoms with E-state index in [2.05, 4.69) is 0 Å². The van der Waals surface area contributed by atoms with Crippen LogP contribution in [0.5, 0.6) is 0 Å². The van der Waals surface area contributed by atoms with E-state index in [4.69, 9.17) is 11.6 Å². The van der Waals surface area contributed by atoms with Crippen molar-refractivity contribution >= 4 is 22.9 Å². The fourth-order valence-corrected chi connectivity index (χ4v) is 2.03. The molecule has 0 aliphatic heterocycles. The van der Waals surface area contributed by atoms with E-state index >= 15 is 0 Å². The maximum Gasteiger partial charge on any atom is 0.307 e. The number of nitrogens with zero attached hydrogens (tertiary/aromatic N) is 1. The van der Waals surface area contributed by atoms with Crippen molar-refractivity contribution in [2.45, 2.75) is 6.54 Å². The Morgan fingerprint density at radius 2 is 2.27 bits per heavy atom. The predicted molar refractivity (Wildman–Crippen MR) is 59.1 cm³/mol. The summed E-state index contributed by atoms with van der Waals surface area (Å²) >= 11 is 6.77. The third kappa shape index (κ3) is 2.27. The molecule has 15 heavy (non-hydrogen) atoms. The van der Waals surface area contributed by atoms with Crippen LogP contribution in [0, 0.1) is 5.82 Å². The molecule has 0 unspecified atom stereocenters. The van der Waals surface area contributed by atoms with Gasteiger partial charge in [0.1, 0.15) is 5.82 Å². The van der Waals surface area contributed by atoms with Gasteiger partial charge in [0.05, 0.1) is 11.6 Å². The minimum atomic E-state index is -0.446. The Morgan fingerprint density at radius 3 is 2.87 bits per heavy atom. The summed E-state index contributed by atoms with van der Waals surface area (Å²) in [5.41, 5.74) is 0.807. The molecule has 2 rings (SSSR count). The van der Waals surface area contributed by atoms with Crippen LogP contribution < -0.4 is 4.87 Å². The van der Waals surface area contributed by atoms with Crippen LogP contribution in [0.3, 0.4) is 0 Å². The zero-order valence-electron chi connectivity index (χ0n) is 7.61. The van der Waals surface area contributed by atoms with Gasteiger partial charge < -0.3 is 4.57 Å². The zero-order valence-corrected chi connectivity index (χ0v) is 9.19. The van der Waals surface area contributed by atoms with Crippen molar-refractivity contribution in [1.29, 1.82) is 0 Å². The van der Waals surface area contributed by atoms with E-state index in [1.807, 2.05) is 0 Å². The number of aromatic nitrogens is 1. The maximum absolute atomic E-state index is 12.9. The van der Waals surface area contributed by atoms with Gasteiger partial charge in [0, 0.05) is 11.6 Å². The minimum Gasteiger partial charge on any atom is -0.302 e. The maximum atomic E-state index is 12.9. The molecular formula is C10H7ClFNOS. The molecule has 2 nitrogen and oxygen atoms in total. The van der Waals surface area contributed by atoms with E-state index in [0.29, 0.717) is 6.54 Å². The second-order valence-electron chi connectivity index (χ2n) is 3.05. The quantitative estimate of drug-likeness (QED) is 0.795. The van der Waals surface area contributed by atoms with E-state index in [1.54, 1.807) is 22.2 Å². The standard InChI is InChI=1S/C10H7ClFNOS/c11-8-5-7(1-2-9(8)12)6-13-3-4-15-10(13)14/h1-5H,6H2. The smallest absolute Gasteiger partial charge is 0.302 e. The molecule has 0 N–H and O–H groups in total. The van der Waals surface area contributed by atoms with Crippen LogP contribution in [0.25, 0.3) is 0 Å². The summed E-state index contributed by atoms with van der Waals surface area (Å²) in [6.45, 7) is 0.419. The predicted octanol–water partition coefficient (Wildman–Crippen LogP) is 2.75. The third-order valence-electron chi connectivity index (χ3n) is 1.98. The summed E-state index contributed by atoms with van der Waals surface area (Å²) in [6.07, 6.45) is 1.70. The van der Waals surface area contributed by atoms with Gasteiger partial charge in [-0.05, 0) is 17.7 Å². The second kappa shape index (κ2) is 4.16. The molecule has 2 aromatic rings. The van der Waals surface area contributed by atoms with Gasteiger partial charge in [0.15, 0.2) is 0 Å². The van der Waals surface area contributed by atoms with Crippen LogP contribution in [0.15, 0.2) is 34.6 Å². The molecule has 0 amide bonds. The molecule has 0 atom stereocenters. The molecule has 0 bridgehead atoms. The fourth-order valence-electron chi connectivity index (χ4n) is 1.24. The first-order valence-electron chi connectivity index (χ1n) is 4.24. The van der Waals surface area contributed by atoms with Gasteiger partial charge in [-0.1, -0.05) is 29.0 Å². The lowest BCUT2D eigenvalue weighted by Crippen LogP contribution is -2.12. The summed E-state index contributed by atoms with van der Waals surface area (Å²) in [5.74, 6) is -0.446. The molecule has 0 fully saturated rings. The number of hydrogen-bond acceptors (Lipinski definition) is 2. The summed E-state index contributed by atoms with van der Waals surface area (Å²) in [4.78, 5) is 11.2. The van der Waals surface area contributed by atoms with E-state index in [1.165, 1.54) is 12.1 Å². The van der Waals surface area contributed by atoms with Crippen molar-refractivity contribution in [3.63, 3.8) is 0 Å². The third-order valence-corrected chi connectivity index (χ3v) is 2.96. The van der Waals surface area contributed by atoms with Crippen LogP contribution in [-0.4, -0.2) is 4.57 Å². The Labute approximate surface area is 94.6 Å². The minimum absolute atomic E-state index is 0.0320. The van der Waals surface area contributed by atoms with Gasteiger partial charge in [0.25, 0.3) is 0 Å². The number of rotatable bonds is 2. The molecule has 1 aromatic heterocycles. The number of halogens is 2. The molecule has 0 radical (unpaired) electrons. The van der Waals surface area contributed by atoms with Crippen LogP contribution in [0.4, 0.5) is 4.39 Å². The van der Waals surface area contributed by atoms with Crippen molar-refractivity contribution in [3.05, 3.63) is 55.8 Å². The molecule has 0 saturated carbocycles.